The van der Waals surface area contributed by atoms with Gasteiger partial charge in [0.1, 0.15) is 0 Å². The minimum atomic E-state index is -4.45. The number of amidine groups is 1. The predicted octanol–water partition coefficient (Wildman–Crippen LogP) is 3.51. The second kappa shape index (κ2) is 7.59. The molecule has 1 aliphatic rings. The van der Waals surface area contributed by atoms with E-state index in [4.69, 9.17) is 0 Å². The highest BCUT2D eigenvalue weighted by Crippen LogP contribution is 2.30. The second-order valence-electron chi connectivity index (χ2n) is 6.18. The lowest BCUT2D eigenvalue weighted by molar-refractivity contribution is -0.137. The Bertz CT molecular complexity index is 1060. The van der Waals surface area contributed by atoms with Crippen LogP contribution in [-0.4, -0.2) is 25.2 Å². The van der Waals surface area contributed by atoms with Crippen LogP contribution < -0.4 is 5.32 Å². The molecule has 1 amide bonds. The molecule has 0 saturated carbocycles. The van der Waals surface area contributed by atoms with Crippen molar-refractivity contribution in [3.8, 4) is 0 Å². The Hall–Kier alpha value is -2.33. The Balaban J connectivity index is 1.91. The van der Waals surface area contributed by atoms with Crippen LogP contribution >= 0.6 is 11.8 Å². The number of thioether (sulfide) groups is 1. The van der Waals surface area contributed by atoms with E-state index >= 15 is 0 Å². The van der Waals surface area contributed by atoms with Crippen molar-refractivity contribution < 1.29 is 26.4 Å². The second-order valence-corrected chi connectivity index (χ2v) is 8.72. The third-order valence-corrected chi connectivity index (χ3v) is 6.39. The van der Waals surface area contributed by atoms with Gasteiger partial charge in [-0.15, -0.1) is 4.40 Å². The first-order valence-corrected chi connectivity index (χ1v) is 10.5. The summed E-state index contributed by atoms with van der Waals surface area (Å²) < 4.78 is 67.5. The molecule has 0 spiro atoms. The number of halogens is 3. The van der Waals surface area contributed by atoms with Gasteiger partial charge in [-0.25, -0.2) is 0 Å². The van der Waals surface area contributed by atoms with Gasteiger partial charge in [0.2, 0.25) is 5.91 Å². The molecule has 0 unspecified atom stereocenters. The van der Waals surface area contributed by atoms with Gasteiger partial charge in [-0.05, 0) is 42.2 Å². The van der Waals surface area contributed by atoms with Crippen LogP contribution in [0.4, 0.5) is 13.2 Å². The third kappa shape index (κ3) is 4.74. The van der Waals surface area contributed by atoms with Crippen LogP contribution in [0.5, 0.6) is 0 Å². The molecule has 1 N–H and O–H groups in total. The smallest absolute Gasteiger partial charge is 0.304 e. The molecular weight excluding hydrogens is 413 g/mol. The van der Waals surface area contributed by atoms with E-state index in [1.165, 1.54) is 12.1 Å². The van der Waals surface area contributed by atoms with Gasteiger partial charge in [0.05, 0.1) is 16.2 Å². The number of carbonyl (C=O) groups is 1. The van der Waals surface area contributed by atoms with Crippen LogP contribution in [0.2, 0.25) is 0 Å². The molecule has 1 heterocycles. The fourth-order valence-corrected chi connectivity index (χ4v) is 4.83. The molecule has 2 aromatic carbocycles. The largest absolute Gasteiger partial charge is 0.416 e. The Morgan fingerprint density at radius 1 is 1.14 bits per heavy atom. The van der Waals surface area contributed by atoms with Crippen molar-refractivity contribution in [2.75, 3.05) is 5.75 Å². The lowest BCUT2D eigenvalue weighted by Gasteiger charge is -2.10. The maximum atomic E-state index is 12.9. The van der Waals surface area contributed by atoms with Crippen molar-refractivity contribution >= 4 is 32.9 Å². The lowest BCUT2D eigenvalue weighted by atomic mass is 10.0. The standard InChI is InChI=1S/C18H15F3N2O3S2/c1-11-5-6-13(7-12-3-2-4-14(8-12)18(19,20)21)9-15(11)28(25,26)23-17-22-16(24)10-27-17/h2-6,8-9H,7,10H2,1H3,(H,22,23,24). The van der Waals surface area contributed by atoms with Crippen LogP contribution in [0.1, 0.15) is 22.3 Å². The molecule has 148 valence electrons. The third-order valence-electron chi connectivity index (χ3n) is 3.98. The molecule has 5 nitrogen and oxygen atoms in total. The maximum absolute atomic E-state index is 12.9. The van der Waals surface area contributed by atoms with E-state index in [0.717, 1.165) is 23.9 Å². The summed E-state index contributed by atoms with van der Waals surface area (Å²) in [5.74, 6) is -0.225. The Morgan fingerprint density at radius 2 is 1.86 bits per heavy atom. The van der Waals surface area contributed by atoms with Gasteiger partial charge in [-0.1, -0.05) is 42.1 Å². The van der Waals surface area contributed by atoms with Gasteiger partial charge in [0.15, 0.2) is 5.17 Å². The lowest BCUT2D eigenvalue weighted by Crippen LogP contribution is -2.21. The highest BCUT2D eigenvalue weighted by Gasteiger charge is 2.30. The summed E-state index contributed by atoms with van der Waals surface area (Å²) in [7, 11) is -4.07. The first-order valence-electron chi connectivity index (χ1n) is 8.08. The molecule has 1 aliphatic heterocycles. The zero-order chi connectivity index (χ0) is 20.5. The number of hydrogen-bond donors (Lipinski definition) is 1. The Labute approximate surface area is 164 Å². The van der Waals surface area contributed by atoms with Crippen LogP contribution in [0.3, 0.4) is 0 Å². The summed E-state index contributed by atoms with van der Waals surface area (Å²) in [5, 5.41) is 2.37. The van der Waals surface area contributed by atoms with Crippen molar-refractivity contribution in [1.29, 1.82) is 0 Å². The van der Waals surface area contributed by atoms with Crippen LogP contribution in [0, 0.1) is 6.92 Å². The van der Waals surface area contributed by atoms with Gasteiger partial charge in [-0.3, -0.25) is 4.79 Å². The first kappa shape index (κ1) is 20.4. The minimum absolute atomic E-state index is 0.00711. The highest BCUT2D eigenvalue weighted by atomic mass is 32.2. The Kier molecular flexibility index (Phi) is 5.53. The number of carbonyl (C=O) groups excluding carboxylic acids is 1. The summed E-state index contributed by atoms with van der Waals surface area (Å²) in [6, 6.07) is 9.53. The van der Waals surface area contributed by atoms with Gasteiger partial charge in [0, 0.05) is 0 Å². The van der Waals surface area contributed by atoms with Gasteiger partial charge < -0.3 is 5.32 Å². The summed E-state index contributed by atoms with van der Waals surface area (Å²) in [6.07, 6.45) is -4.31. The number of nitrogens with one attached hydrogen (secondary N) is 1. The van der Waals surface area contributed by atoms with Crippen molar-refractivity contribution in [2.24, 2.45) is 4.40 Å². The van der Waals surface area contributed by atoms with E-state index in [0.29, 0.717) is 16.7 Å². The van der Waals surface area contributed by atoms with Crippen LogP contribution in [0.15, 0.2) is 51.8 Å². The summed E-state index contributed by atoms with van der Waals surface area (Å²) in [4.78, 5) is 11.2. The Morgan fingerprint density at radius 3 is 2.50 bits per heavy atom. The SMILES string of the molecule is Cc1ccc(Cc2cccc(C(F)(F)F)c2)cc1S(=O)(=O)N=C1NC(=O)CS1. The number of rotatable bonds is 4. The monoisotopic (exact) mass is 428 g/mol. The van der Waals surface area contributed by atoms with E-state index < -0.39 is 21.8 Å². The number of nitrogens with zero attached hydrogens (tertiary/aromatic N) is 1. The minimum Gasteiger partial charge on any atom is -0.304 e. The summed E-state index contributed by atoms with van der Waals surface area (Å²) >= 11 is 0.992. The molecule has 0 aliphatic carbocycles. The van der Waals surface area contributed by atoms with E-state index in [1.54, 1.807) is 25.1 Å². The van der Waals surface area contributed by atoms with Crippen molar-refractivity contribution in [2.45, 2.75) is 24.4 Å². The molecule has 0 atom stereocenters. The average Bonchev–Trinajstić information content (AvgIpc) is 3.00. The zero-order valence-corrected chi connectivity index (χ0v) is 16.2. The number of alkyl halides is 3. The number of sulfonamides is 1. The zero-order valence-electron chi connectivity index (χ0n) is 14.6. The predicted molar refractivity (Wildman–Crippen MR) is 101 cm³/mol. The van der Waals surface area contributed by atoms with Crippen molar-refractivity contribution in [3.05, 3.63) is 64.7 Å². The molecule has 0 bridgehead atoms. The van der Waals surface area contributed by atoms with Gasteiger partial charge in [0.25, 0.3) is 10.0 Å². The normalized spacial score (nSPS) is 16.4. The summed E-state index contributed by atoms with van der Waals surface area (Å²) in [5.41, 5.74) is 0.635. The van der Waals surface area contributed by atoms with Gasteiger partial charge in [-0.2, -0.15) is 21.6 Å². The van der Waals surface area contributed by atoms with Crippen LogP contribution in [0.25, 0.3) is 0 Å². The molecule has 0 aromatic heterocycles. The van der Waals surface area contributed by atoms with Crippen molar-refractivity contribution in [1.82, 2.24) is 5.32 Å². The molecule has 1 saturated heterocycles. The fourth-order valence-electron chi connectivity index (χ4n) is 2.66. The molecular formula is C18H15F3N2O3S2. The van der Waals surface area contributed by atoms with Gasteiger partial charge >= 0.3 is 6.18 Å². The average molecular weight is 428 g/mol. The fraction of sp³-hybridized carbons (Fsp3) is 0.222. The quantitative estimate of drug-likeness (QED) is 0.809. The topological polar surface area (TPSA) is 75.6 Å². The van der Waals surface area contributed by atoms with Crippen molar-refractivity contribution in [3.63, 3.8) is 0 Å². The maximum Gasteiger partial charge on any atom is 0.416 e. The number of benzene rings is 2. The van der Waals surface area contributed by atoms with E-state index in [-0.39, 0.29) is 28.1 Å². The highest BCUT2D eigenvalue weighted by molar-refractivity contribution is 8.15. The molecule has 28 heavy (non-hydrogen) atoms. The van der Waals surface area contributed by atoms with E-state index in [9.17, 15) is 26.4 Å². The van der Waals surface area contributed by atoms with E-state index in [1.807, 2.05) is 0 Å². The summed E-state index contributed by atoms with van der Waals surface area (Å²) in [6.45, 7) is 1.60. The number of amides is 1. The molecule has 2 aromatic rings. The molecule has 0 radical (unpaired) electrons. The molecule has 3 rings (SSSR count). The molecule has 1 fully saturated rings. The molecule has 10 heteroatoms. The first-order chi connectivity index (χ1) is 13.0. The number of hydrogen-bond acceptors (Lipinski definition) is 4. The van der Waals surface area contributed by atoms with Crippen LogP contribution in [-0.2, 0) is 27.4 Å². The van der Waals surface area contributed by atoms with E-state index in [2.05, 4.69) is 9.71 Å². The number of aryl methyl sites for hydroxylation is 1.